The molecule has 0 saturated carbocycles. The highest BCUT2D eigenvalue weighted by molar-refractivity contribution is 6.24. The van der Waals surface area contributed by atoms with Crippen molar-refractivity contribution in [3.8, 4) is 16.8 Å². The van der Waals surface area contributed by atoms with Crippen molar-refractivity contribution in [1.82, 2.24) is 18.9 Å². The van der Waals surface area contributed by atoms with Gasteiger partial charge < -0.3 is 8.97 Å². The minimum atomic E-state index is 1.12. The van der Waals surface area contributed by atoms with Crippen LogP contribution in [-0.4, -0.2) is 18.9 Å². The van der Waals surface area contributed by atoms with Crippen LogP contribution in [0.2, 0.25) is 0 Å². The molecule has 9 rings (SSSR count). The normalized spacial score (nSPS) is 12.2. The number of rotatable bonds is 2. The predicted octanol–water partition coefficient (Wildman–Crippen LogP) is 8.39. The van der Waals surface area contributed by atoms with Gasteiger partial charge in [-0.3, -0.25) is 9.97 Å². The summed E-state index contributed by atoms with van der Waals surface area (Å²) in [6, 6.07) is 35.1. The maximum absolute atomic E-state index is 4.44. The Morgan fingerprint density at radius 3 is 1.79 bits per heavy atom. The van der Waals surface area contributed by atoms with E-state index in [9.17, 15) is 0 Å². The second-order valence-corrected chi connectivity index (χ2v) is 9.96. The largest absolute Gasteiger partial charge is 0.309 e. The molecule has 0 N–H and O–H groups in total. The van der Waals surface area contributed by atoms with Crippen molar-refractivity contribution in [3.05, 3.63) is 122 Å². The van der Waals surface area contributed by atoms with Gasteiger partial charge >= 0.3 is 0 Å². The first-order chi connectivity index (χ1) is 18.9. The average molecular weight is 485 g/mol. The lowest BCUT2D eigenvalue weighted by Gasteiger charge is -2.08. The van der Waals surface area contributed by atoms with Gasteiger partial charge in [-0.25, -0.2) is 0 Å². The van der Waals surface area contributed by atoms with Crippen LogP contribution >= 0.6 is 0 Å². The van der Waals surface area contributed by atoms with Crippen LogP contribution in [0.15, 0.2) is 122 Å². The number of hydrogen-bond donors (Lipinski definition) is 0. The Morgan fingerprint density at radius 1 is 0.447 bits per heavy atom. The third kappa shape index (κ3) is 2.49. The summed E-state index contributed by atoms with van der Waals surface area (Å²) in [5.41, 5.74) is 9.51. The Hall–Kier alpha value is -5.22. The monoisotopic (exact) mass is 484 g/mol. The highest BCUT2D eigenvalue weighted by Gasteiger charge is 2.19. The first-order valence-corrected chi connectivity index (χ1v) is 12.8. The van der Waals surface area contributed by atoms with Gasteiger partial charge in [0.15, 0.2) is 0 Å². The van der Waals surface area contributed by atoms with E-state index in [2.05, 4.69) is 116 Å². The van der Waals surface area contributed by atoms with E-state index in [1.165, 1.54) is 65.7 Å². The van der Waals surface area contributed by atoms with Gasteiger partial charge in [-0.05, 0) is 65.7 Å². The van der Waals surface area contributed by atoms with E-state index in [0.717, 1.165) is 11.0 Å². The van der Waals surface area contributed by atoms with Gasteiger partial charge in [0.05, 0.1) is 40.0 Å². The maximum atomic E-state index is 4.44. The number of hydrogen-bond acceptors (Lipinski definition) is 2. The van der Waals surface area contributed by atoms with Crippen LogP contribution in [0.1, 0.15) is 0 Å². The predicted molar refractivity (Wildman–Crippen MR) is 156 cm³/mol. The Labute approximate surface area is 217 Å². The quantitative estimate of drug-likeness (QED) is 0.247. The molecule has 4 aromatic carbocycles. The standard InChI is InChI=1S/C34H20N4/c1-2-6-23(7-3-1)37-30-9-5-4-8-24(30)27-16-21(10-11-31(27)37)22-17-28-25-12-14-35-19-32(25)38-33-20-36-15-13-26(33)29(18-22)34(28)38/h1-20H. The third-order valence-corrected chi connectivity index (χ3v) is 8.02. The van der Waals surface area contributed by atoms with Crippen molar-refractivity contribution < 1.29 is 0 Å². The topological polar surface area (TPSA) is 35.1 Å². The number of benzene rings is 4. The fourth-order valence-corrected chi connectivity index (χ4v) is 6.42. The highest BCUT2D eigenvalue weighted by atomic mass is 15.0. The molecule has 9 aromatic rings. The minimum absolute atomic E-state index is 1.12. The van der Waals surface area contributed by atoms with Gasteiger partial charge in [-0.2, -0.15) is 0 Å². The van der Waals surface area contributed by atoms with Crippen LogP contribution in [0.4, 0.5) is 0 Å². The average Bonchev–Trinajstić information content (AvgIpc) is 3.62. The molecule has 0 radical (unpaired) electrons. The van der Waals surface area contributed by atoms with Gasteiger partial charge in [0, 0.05) is 50.4 Å². The fraction of sp³-hybridized carbons (Fsp3) is 0. The van der Waals surface area contributed by atoms with Crippen molar-refractivity contribution in [3.63, 3.8) is 0 Å². The van der Waals surface area contributed by atoms with Crippen molar-refractivity contribution in [1.29, 1.82) is 0 Å². The number of nitrogens with zero attached hydrogens (tertiary/aromatic N) is 4. The molecule has 5 aromatic heterocycles. The van der Waals surface area contributed by atoms with Gasteiger partial charge in [0.25, 0.3) is 0 Å². The van der Waals surface area contributed by atoms with Gasteiger partial charge in [0.2, 0.25) is 0 Å². The zero-order valence-corrected chi connectivity index (χ0v) is 20.3. The molecule has 0 atom stereocenters. The minimum Gasteiger partial charge on any atom is -0.309 e. The fourth-order valence-electron chi connectivity index (χ4n) is 6.42. The molecular formula is C34H20N4. The molecule has 176 valence electrons. The lowest BCUT2D eigenvalue weighted by molar-refractivity contribution is 1.18. The van der Waals surface area contributed by atoms with E-state index in [4.69, 9.17) is 0 Å². The van der Waals surface area contributed by atoms with Gasteiger partial charge in [0.1, 0.15) is 0 Å². The molecule has 0 amide bonds. The molecule has 38 heavy (non-hydrogen) atoms. The molecular weight excluding hydrogens is 464 g/mol. The number of aromatic nitrogens is 4. The van der Waals surface area contributed by atoms with Crippen LogP contribution < -0.4 is 0 Å². The molecule has 0 saturated heterocycles. The van der Waals surface area contributed by atoms with Gasteiger partial charge in [-0.1, -0.05) is 42.5 Å². The van der Waals surface area contributed by atoms with E-state index < -0.39 is 0 Å². The Bertz CT molecular complexity index is 2260. The SMILES string of the molecule is c1ccc(-n2c3ccccc3c3cc(-c4cc5c6ccncc6n6c7cnccc7c(c4)c56)ccc32)cc1. The molecule has 0 aliphatic heterocycles. The van der Waals surface area contributed by atoms with E-state index in [1.807, 2.05) is 24.8 Å². The first-order valence-electron chi connectivity index (χ1n) is 12.8. The summed E-state index contributed by atoms with van der Waals surface area (Å²) in [6.07, 6.45) is 7.69. The molecule has 0 bridgehead atoms. The summed E-state index contributed by atoms with van der Waals surface area (Å²) >= 11 is 0. The van der Waals surface area contributed by atoms with Crippen LogP contribution in [0, 0.1) is 0 Å². The van der Waals surface area contributed by atoms with E-state index in [0.29, 0.717) is 0 Å². The van der Waals surface area contributed by atoms with Crippen LogP contribution in [-0.2, 0) is 0 Å². The molecule has 5 heterocycles. The molecule has 0 fully saturated rings. The summed E-state index contributed by atoms with van der Waals surface area (Å²) < 4.78 is 4.68. The van der Waals surface area contributed by atoms with Crippen LogP contribution in [0.5, 0.6) is 0 Å². The number of pyridine rings is 2. The van der Waals surface area contributed by atoms with Gasteiger partial charge in [-0.15, -0.1) is 0 Å². The molecule has 0 aliphatic rings. The summed E-state index contributed by atoms with van der Waals surface area (Å²) in [4.78, 5) is 8.88. The van der Waals surface area contributed by atoms with E-state index in [-0.39, 0.29) is 0 Å². The van der Waals surface area contributed by atoms with Crippen molar-refractivity contribution in [2.45, 2.75) is 0 Å². The number of fused-ring (bicyclic) bond motifs is 9. The molecule has 4 nitrogen and oxygen atoms in total. The van der Waals surface area contributed by atoms with Crippen molar-refractivity contribution in [2.75, 3.05) is 0 Å². The lowest BCUT2D eigenvalue weighted by Crippen LogP contribution is -1.92. The van der Waals surface area contributed by atoms with E-state index in [1.54, 1.807) is 0 Å². The Balaban J connectivity index is 1.38. The Kier molecular flexibility index (Phi) is 3.76. The maximum Gasteiger partial charge on any atom is 0.0725 e. The molecule has 0 spiro atoms. The zero-order chi connectivity index (χ0) is 24.8. The van der Waals surface area contributed by atoms with Crippen LogP contribution in [0.25, 0.3) is 76.7 Å². The Morgan fingerprint density at radius 2 is 1.05 bits per heavy atom. The highest BCUT2D eigenvalue weighted by Crippen LogP contribution is 2.42. The first kappa shape index (κ1) is 19.9. The summed E-state index contributed by atoms with van der Waals surface area (Å²) in [5.74, 6) is 0. The van der Waals surface area contributed by atoms with Crippen molar-refractivity contribution in [2.24, 2.45) is 0 Å². The summed E-state index contributed by atoms with van der Waals surface area (Å²) in [5, 5.41) is 7.45. The second-order valence-electron chi connectivity index (χ2n) is 9.96. The lowest BCUT2D eigenvalue weighted by atomic mass is 9.98. The zero-order valence-electron chi connectivity index (χ0n) is 20.3. The van der Waals surface area contributed by atoms with Crippen molar-refractivity contribution >= 4 is 59.9 Å². The third-order valence-electron chi connectivity index (χ3n) is 8.02. The molecule has 0 unspecified atom stereocenters. The molecule has 0 aliphatic carbocycles. The summed E-state index contributed by atoms with van der Waals surface area (Å²) in [6.45, 7) is 0. The number of para-hydroxylation sites is 2. The molecule has 4 heteroatoms. The summed E-state index contributed by atoms with van der Waals surface area (Å²) in [7, 11) is 0. The van der Waals surface area contributed by atoms with E-state index >= 15 is 0 Å². The second kappa shape index (κ2) is 7.17. The van der Waals surface area contributed by atoms with Crippen LogP contribution in [0.3, 0.4) is 0 Å². The smallest absolute Gasteiger partial charge is 0.0725 e.